The molecule has 0 aliphatic rings. The molecule has 1 N–H and O–H groups in total. The van der Waals surface area contributed by atoms with Gasteiger partial charge in [-0.25, -0.2) is 4.98 Å². The van der Waals surface area contributed by atoms with Gasteiger partial charge < -0.3 is 10.1 Å². The van der Waals surface area contributed by atoms with Crippen LogP contribution in [0.15, 0.2) is 36.4 Å². The lowest BCUT2D eigenvalue weighted by molar-refractivity contribution is 0.458. The summed E-state index contributed by atoms with van der Waals surface area (Å²) in [6.07, 6.45) is 0. The Morgan fingerprint density at radius 2 is 1.86 bits per heavy atom. The molecule has 0 atom stereocenters. The molecule has 0 fully saturated rings. The van der Waals surface area contributed by atoms with Crippen LogP contribution in [-0.2, 0) is 6.54 Å². The molecule has 0 saturated heterocycles. The van der Waals surface area contributed by atoms with E-state index in [2.05, 4.69) is 24.1 Å². The smallest absolute Gasteiger partial charge is 0.219 e. The molecule has 3 nitrogen and oxygen atoms in total. The highest BCUT2D eigenvalue weighted by molar-refractivity contribution is 6.31. The van der Waals surface area contributed by atoms with Gasteiger partial charge in [-0.15, -0.1) is 0 Å². The van der Waals surface area contributed by atoms with E-state index in [0.717, 1.165) is 18.0 Å². The van der Waals surface area contributed by atoms with Crippen LogP contribution in [0.2, 0.25) is 5.02 Å². The zero-order chi connectivity index (χ0) is 15.2. The van der Waals surface area contributed by atoms with Gasteiger partial charge in [-0.05, 0) is 37.6 Å². The molecular formula is C17H21ClN2O. The molecule has 112 valence electrons. The maximum Gasteiger partial charge on any atom is 0.219 e. The Labute approximate surface area is 131 Å². The van der Waals surface area contributed by atoms with E-state index in [0.29, 0.717) is 23.4 Å². The number of ether oxygens (including phenoxy) is 1. The first kappa shape index (κ1) is 15.8. The normalized spacial score (nSPS) is 10.9. The summed E-state index contributed by atoms with van der Waals surface area (Å²) < 4.78 is 5.76. The van der Waals surface area contributed by atoms with Crippen LogP contribution in [0.4, 0.5) is 0 Å². The van der Waals surface area contributed by atoms with Gasteiger partial charge >= 0.3 is 0 Å². The highest BCUT2D eigenvalue weighted by atomic mass is 35.5. The topological polar surface area (TPSA) is 34.1 Å². The van der Waals surface area contributed by atoms with E-state index < -0.39 is 0 Å². The molecule has 1 aromatic heterocycles. The van der Waals surface area contributed by atoms with Crippen LogP contribution in [0.5, 0.6) is 11.6 Å². The van der Waals surface area contributed by atoms with Crippen LogP contribution in [0.1, 0.15) is 25.1 Å². The fourth-order valence-corrected chi connectivity index (χ4v) is 2.02. The Hall–Kier alpha value is -1.58. The number of rotatable bonds is 6. The van der Waals surface area contributed by atoms with Crippen LogP contribution in [0.25, 0.3) is 0 Å². The third kappa shape index (κ3) is 5.03. The van der Waals surface area contributed by atoms with Crippen LogP contribution < -0.4 is 10.1 Å². The van der Waals surface area contributed by atoms with Crippen molar-refractivity contribution in [3.8, 4) is 11.6 Å². The van der Waals surface area contributed by atoms with Crippen molar-refractivity contribution in [3.05, 3.63) is 52.7 Å². The van der Waals surface area contributed by atoms with Crippen LogP contribution >= 0.6 is 11.6 Å². The number of nitrogens with one attached hydrogen (secondary N) is 1. The number of benzene rings is 1. The van der Waals surface area contributed by atoms with Crippen molar-refractivity contribution in [2.45, 2.75) is 27.3 Å². The molecule has 0 amide bonds. The van der Waals surface area contributed by atoms with Gasteiger partial charge in [0.1, 0.15) is 5.75 Å². The molecule has 0 spiro atoms. The first-order valence-electron chi connectivity index (χ1n) is 7.15. The van der Waals surface area contributed by atoms with Gasteiger partial charge in [0.2, 0.25) is 5.88 Å². The molecule has 1 aromatic carbocycles. The zero-order valence-electron chi connectivity index (χ0n) is 12.7. The summed E-state index contributed by atoms with van der Waals surface area (Å²) in [5.41, 5.74) is 2.01. The van der Waals surface area contributed by atoms with Gasteiger partial charge in [0.05, 0.1) is 10.7 Å². The number of hydrogen-bond acceptors (Lipinski definition) is 3. The molecule has 0 aliphatic heterocycles. The highest BCUT2D eigenvalue weighted by Gasteiger charge is 2.06. The lowest BCUT2D eigenvalue weighted by atomic mass is 10.2. The van der Waals surface area contributed by atoms with Crippen molar-refractivity contribution in [1.82, 2.24) is 10.3 Å². The van der Waals surface area contributed by atoms with E-state index in [1.165, 1.54) is 5.56 Å². The molecule has 2 rings (SSSR count). The fourth-order valence-electron chi connectivity index (χ4n) is 1.85. The number of pyridine rings is 1. The molecule has 0 saturated carbocycles. The van der Waals surface area contributed by atoms with Gasteiger partial charge in [0, 0.05) is 12.6 Å². The number of hydrogen-bond donors (Lipinski definition) is 1. The third-order valence-electron chi connectivity index (χ3n) is 2.98. The largest absolute Gasteiger partial charge is 0.439 e. The minimum atomic E-state index is 0.560. The van der Waals surface area contributed by atoms with E-state index in [1.807, 2.05) is 37.3 Å². The summed E-state index contributed by atoms with van der Waals surface area (Å²) in [5, 5.41) is 3.99. The lowest BCUT2D eigenvalue weighted by Gasteiger charge is -2.10. The second-order valence-corrected chi connectivity index (χ2v) is 5.93. The van der Waals surface area contributed by atoms with Crippen molar-refractivity contribution in [3.63, 3.8) is 0 Å². The molecule has 0 unspecified atom stereocenters. The Morgan fingerprint density at radius 1 is 1.14 bits per heavy atom. The summed E-state index contributed by atoms with van der Waals surface area (Å²) in [4.78, 5) is 4.47. The maximum absolute atomic E-state index is 6.18. The highest BCUT2D eigenvalue weighted by Crippen LogP contribution is 2.23. The predicted octanol–water partition coefficient (Wildman–Crippen LogP) is 4.58. The Morgan fingerprint density at radius 3 is 2.52 bits per heavy atom. The lowest BCUT2D eigenvalue weighted by Crippen LogP contribution is -2.19. The minimum absolute atomic E-state index is 0.560. The summed E-state index contributed by atoms with van der Waals surface area (Å²) in [6, 6.07) is 11.5. The van der Waals surface area contributed by atoms with E-state index in [9.17, 15) is 0 Å². The average molecular weight is 305 g/mol. The number of halogens is 1. The second-order valence-electron chi connectivity index (χ2n) is 5.52. The first-order valence-corrected chi connectivity index (χ1v) is 7.53. The van der Waals surface area contributed by atoms with Crippen LogP contribution in [-0.4, -0.2) is 11.5 Å². The number of nitrogens with zero attached hydrogens (tertiary/aromatic N) is 1. The van der Waals surface area contributed by atoms with E-state index in [-0.39, 0.29) is 0 Å². The summed E-state index contributed by atoms with van der Waals surface area (Å²) >= 11 is 6.18. The monoisotopic (exact) mass is 304 g/mol. The zero-order valence-corrected chi connectivity index (χ0v) is 13.4. The van der Waals surface area contributed by atoms with Crippen molar-refractivity contribution in [2.75, 3.05) is 6.54 Å². The van der Waals surface area contributed by atoms with E-state index in [1.54, 1.807) is 6.07 Å². The second kappa shape index (κ2) is 7.43. The van der Waals surface area contributed by atoms with Crippen molar-refractivity contribution in [1.29, 1.82) is 0 Å². The van der Waals surface area contributed by atoms with Crippen molar-refractivity contribution in [2.24, 2.45) is 5.92 Å². The quantitative estimate of drug-likeness (QED) is 0.848. The Balaban J connectivity index is 2.05. The van der Waals surface area contributed by atoms with Gasteiger partial charge in [0.25, 0.3) is 0 Å². The Bertz CT molecular complexity index is 582. The summed E-state index contributed by atoms with van der Waals surface area (Å²) in [6.45, 7) is 7.95. The SMILES string of the molecule is Cc1ccc(Oc2ccc(Cl)c(CNCC(C)C)n2)cc1. The van der Waals surface area contributed by atoms with Gasteiger partial charge in [-0.2, -0.15) is 0 Å². The van der Waals surface area contributed by atoms with Gasteiger partial charge in [-0.3, -0.25) is 0 Å². The maximum atomic E-state index is 6.18. The standard InChI is InChI=1S/C17H21ClN2O/c1-12(2)10-19-11-16-15(18)8-9-17(20-16)21-14-6-4-13(3)5-7-14/h4-9,12,19H,10-11H2,1-3H3. The summed E-state index contributed by atoms with van der Waals surface area (Å²) in [5.74, 6) is 1.93. The molecule has 4 heteroatoms. The summed E-state index contributed by atoms with van der Waals surface area (Å²) in [7, 11) is 0. The van der Waals surface area contributed by atoms with Crippen LogP contribution in [0.3, 0.4) is 0 Å². The fraction of sp³-hybridized carbons (Fsp3) is 0.353. The molecule has 2 aromatic rings. The third-order valence-corrected chi connectivity index (χ3v) is 3.33. The van der Waals surface area contributed by atoms with Crippen molar-refractivity contribution >= 4 is 11.6 Å². The predicted molar refractivity (Wildman–Crippen MR) is 87.0 cm³/mol. The number of aromatic nitrogens is 1. The van der Waals surface area contributed by atoms with E-state index >= 15 is 0 Å². The molecule has 1 heterocycles. The van der Waals surface area contributed by atoms with Crippen molar-refractivity contribution < 1.29 is 4.74 Å². The molecule has 21 heavy (non-hydrogen) atoms. The Kier molecular flexibility index (Phi) is 5.59. The average Bonchev–Trinajstić information content (AvgIpc) is 2.44. The molecule has 0 radical (unpaired) electrons. The first-order chi connectivity index (χ1) is 10.0. The minimum Gasteiger partial charge on any atom is -0.439 e. The van der Waals surface area contributed by atoms with Gasteiger partial charge in [-0.1, -0.05) is 43.1 Å². The number of aryl methyl sites for hydroxylation is 1. The molecule has 0 bridgehead atoms. The van der Waals surface area contributed by atoms with E-state index in [4.69, 9.17) is 16.3 Å². The molecule has 0 aliphatic carbocycles. The van der Waals surface area contributed by atoms with Gasteiger partial charge in [0.15, 0.2) is 0 Å². The molecular weight excluding hydrogens is 284 g/mol. The van der Waals surface area contributed by atoms with Crippen LogP contribution in [0, 0.1) is 12.8 Å².